The van der Waals surface area contributed by atoms with E-state index in [0.29, 0.717) is 13.0 Å². The second kappa shape index (κ2) is 6.54. The van der Waals surface area contributed by atoms with Gasteiger partial charge in [-0.2, -0.15) is 0 Å². The maximum Gasteiger partial charge on any atom is 0.239 e. The molecule has 0 radical (unpaired) electrons. The van der Waals surface area contributed by atoms with Crippen molar-refractivity contribution in [3.63, 3.8) is 0 Å². The third kappa shape index (κ3) is 3.45. The van der Waals surface area contributed by atoms with Crippen molar-refractivity contribution in [2.45, 2.75) is 13.3 Å². The van der Waals surface area contributed by atoms with E-state index >= 15 is 0 Å². The van der Waals surface area contributed by atoms with Gasteiger partial charge in [0.15, 0.2) is 0 Å². The van der Waals surface area contributed by atoms with E-state index in [-0.39, 0.29) is 11.8 Å². The Balaban J connectivity index is 1.69. The summed E-state index contributed by atoms with van der Waals surface area (Å²) in [6.07, 6.45) is 0.534. The second-order valence-electron chi connectivity index (χ2n) is 5.66. The smallest absolute Gasteiger partial charge is 0.239 e. The number of carbonyl (C=O) groups is 2. The van der Waals surface area contributed by atoms with Gasteiger partial charge in [-0.3, -0.25) is 9.59 Å². The number of amides is 2. The van der Waals surface area contributed by atoms with Gasteiger partial charge >= 0.3 is 0 Å². The number of benzene rings is 2. The summed E-state index contributed by atoms with van der Waals surface area (Å²) in [4.78, 5) is 26.6. The van der Waals surface area contributed by atoms with E-state index in [1.54, 1.807) is 4.90 Å². The Morgan fingerprint density at radius 1 is 1.13 bits per heavy atom. The summed E-state index contributed by atoms with van der Waals surface area (Å²) >= 11 is 3.38. The maximum atomic E-state index is 12.5. The molecule has 0 spiro atoms. The average Bonchev–Trinajstić information content (AvgIpc) is 2.92. The van der Waals surface area contributed by atoms with Gasteiger partial charge in [-0.1, -0.05) is 33.6 Å². The van der Waals surface area contributed by atoms with Crippen LogP contribution in [-0.2, 0) is 9.59 Å². The molecule has 0 aliphatic carbocycles. The van der Waals surface area contributed by atoms with E-state index < -0.39 is 5.92 Å². The van der Waals surface area contributed by atoms with Gasteiger partial charge < -0.3 is 10.2 Å². The second-order valence-corrected chi connectivity index (χ2v) is 6.58. The normalized spacial score (nSPS) is 17.4. The Kier molecular flexibility index (Phi) is 4.48. The van der Waals surface area contributed by atoms with Crippen molar-refractivity contribution in [3.05, 3.63) is 58.6 Å². The number of nitrogens with one attached hydrogen (secondary N) is 1. The van der Waals surface area contributed by atoms with Crippen molar-refractivity contribution in [3.8, 4) is 0 Å². The highest BCUT2D eigenvalue weighted by Crippen LogP contribution is 2.27. The van der Waals surface area contributed by atoms with Crippen molar-refractivity contribution >= 4 is 39.1 Å². The Hall–Kier alpha value is -2.14. The summed E-state index contributed by atoms with van der Waals surface area (Å²) in [6, 6.07) is 15.1. The van der Waals surface area contributed by atoms with E-state index in [9.17, 15) is 9.59 Å². The fourth-order valence-electron chi connectivity index (χ4n) is 2.67. The molecule has 1 atom stereocenters. The van der Waals surface area contributed by atoms with Crippen LogP contribution < -0.4 is 10.2 Å². The van der Waals surface area contributed by atoms with Crippen molar-refractivity contribution in [1.29, 1.82) is 0 Å². The van der Waals surface area contributed by atoms with E-state index in [4.69, 9.17) is 0 Å². The SMILES string of the molecule is Cc1ccc(NC(=O)[C@@H]2CCN(c3ccc(Br)cc3)C2=O)cc1. The number of anilines is 2. The molecule has 118 valence electrons. The van der Waals surface area contributed by atoms with Crippen LogP contribution in [0, 0.1) is 12.8 Å². The van der Waals surface area contributed by atoms with E-state index in [1.165, 1.54) is 0 Å². The highest BCUT2D eigenvalue weighted by Gasteiger charge is 2.37. The van der Waals surface area contributed by atoms with Crippen LogP contribution in [0.15, 0.2) is 53.0 Å². The molecular weight excluding hydrogens is 356 g/mol. The van der Waals surface area contributed by atoms with Crippen molar-refractivity contribution in [2.75, 3.05) is 16.8 Å². The fourth-order valence-corrected chi connectivity index (χ4v) is 2.93. The first-order chi connectivity index (χ1) is 11.0. The lowest BCUT2D eigenvalue weighted by molar-refractivity contribution is -0.129. The Bertz CT molecular complexity index is 726. The quantitative estimate of drug-likeness (QED) is 0.834. The van der Waals surface area contributed by atoms with E-state index in [0.717, 1.165) is 21.4 Å². The summed E-state index contributed by atoms with van der Waals surface area (Å²) in [6.45, 7) is 2.55. The maximum absolute atomic E-state index is 12.5. The third-order valence-corrected chi connectivity index (χ3v) is 4.51. The van der Waals surface area contributed by atoms with Crippen LogP contribution >= 0.6 is 15.9 Å². The lowest BCUT2D eigenvalue weighted by Crippen LogP contribution is -2.33. The summed E-state index contributed by atoms with van der Waals surface area (Å²) < 4.78 is 0.960. The van der Waals surface area contributed by atoms with Crippen molar-refractivity contribution in [2.24, 2.45) is 5.92 Å². The van der Waals surface area contributed by atoms with Crippen molar-refractivity contribution < 1.29 is 9.59 Å². The number of carbonyl (C=O) groups excluding carboxylic acids is 2. The van der Waals surface area contributed by atoms with Gasteiger partial charge in [0.1, 0.15) is 5.92 Å². The summed E-state index contributed by atoms with van der Waals surface area (Å²) in [5, 5.41) is 2.83. The largest absolute Gasteiger partial charge is 0.325 e. The van der Waals surface area contributed by atoms with Crippen LogP contribution in [0.3, 0.4) is 0 Å². The van der Waals surface area contributed by atoms with Gasteiger partial charge in [-0.25, -0.2) is 0 Å². The molecule has 1 fully saturated rings. The van der Waals surface area contributed by atoms with Gasteiger partial charge in [0.05, 0.1) is 0 Å². The molecular formula is C18H17BrN2O2. The molecule has 0 aromatic heterocycles. The summed E-state index contributed by atoms with van der Waals surface area (Å²) in [7, 11) is 0. The molecule has 2 aromatic carbocycles. The minimum Gasteiger partial charge on any atom is -0.325 e. The highest BCUT2D eigenvalue weighted by molar-refractivity contribution is 9.10. The van der Waals surface area contributed by atoms with Crippen LogP contribution in [0.1, 0.15) is 12.0 Å². The molecule has 1 saturated heterocycles. The lowest BCUT2D eigenvalue weighted by Gasteiger charge is -2.17. The van der Waals surface area contributed by atoms with E-state index in [1.807, 2.05) is 55.5 Å². The zero-order valence-electron chi connectivity index (χ0n) is 12.8. The van der Waals surface area contributed by atoms with Gasteiger partial charge in [0, 0.05) is 22.4 Å². The molecule has 23 heavy (non-hydrogen) atoms. The molecule has 2 amide bonds. The predicted octanol–water partition coefficient (Wildman–Crippen LogP) is 3.75. The molecule has 4 nitrogen and oxygen atoms in total. The number of aryl methyl sites for hydroxylation is 1. The fraction of sp³-hybridized carbons (Fsp3) is 0.222. The molecule has 3 rings (SSSR count). The van der Waals surface area contributed by atoms with E-state index in [2.05, 4.69) is 21.2 Å². The molecule has 0 bridgehead atoms. The Morgan fingerprint density at radius 3 is 2.43 bits per heavy atom. The molecule has 0 unspecified atom stereocenters. The first-order valence-corrected chi connectivity index (χ1v) is 8.28. The minimum atomic E-state index is -0.625. The molecule has 1 aliphatic rings. The number of rotatable bonds is 3. The topological polar surface area (TPSA) is 49.4 Å². The zero-order valence-corrected chi connectivity index (χ0v) is 14.3. The number of hydrogen-bond acceptors (Lipinski definition) is 2. The minimum absolute atomic E-state index is 0.142. The van der Waals surface area contributed by atoms with Crippen molar-refractivity contribution in [1.82, 2.24) is 0 Å². The average molecular weight is 373 g/mol. The van der Waals surface area contributed by atoms with Crippen LogP contribution in [0.5, 0.6) is 0 Å². The monoisotopic (exact) mass is 372 g/mol. The summed E-state index contributed by atoms with van der Waals surface area (Å²) in [5.41, 5.74) is 2.67. The molecule has 2 aromatic rings. The first-order valence-electron chi connectivity index (χ1n) is 7.49. The van der Waals surface area contributed by atoms with Crippen LogP contribution in [0.25, 0.3) is 0 Å². The first kappa shape index (κ1) is 15.7. The third-order valence-electron chi connectivity index (χ3n) is 3.98. The highest BCUT2D eigenvalue weighted by atomic mass is 79.9. The van der Waals surface area contributed by atoms with Gasteiger partial charge in [0.2, 0.25) is 11.8 Å². The predicted molar refractivity (Wildman–Crippen MR) is 94.4 cm³/mol. The Labute approximate surface area is 143 Å². The standard InChI is InChI=1S/C18H17BrN2O2/c1-12-2-6-14(7-3-12)20-17(22)16-10-11-21(18(16)23)15-8-4-13(19)5-9-15/h2-9,16H,10-11H2,1H3,(H,20,22)/t16-/m0/s1. The molecule has 1 heterocycles. The summed E-state index contributed by atoms with van der Waals surface area (Å²) in [5.74, 6) is -1.00. The molecule has 5 heteroatoms. The van der Waals surface area contributed by atoms with Crippen LogP contribution in [0.2, 0.25) is 0 Å². The molecule has 0 saturated carbocycles. The van der Waals surface area contributed by atoms with Gasteiger partial charge in [0.25, 0.3) is 0 Å². The zero-order chi connectivity index (χ0) is 16.4. The Morgan fingerprint density at radius 2 is 1.78 bits per heavy atom. The molecule has 1 N–H and O–H groups in total. The van der Waals surface area contributed by atoms with Crippen LogP contribution in [0.4, 0.5) is 11.4 Å². The van der Waals surface area contributed by atoms with Crippen LogP contribution in [-0.4, -0.2) is 18.4 Å². The number of nitrogens with zero attached hydrogens (tertiary/aromatic N) is 1. The molecule has 1 aliphatic heterocycles. The van der Waals surface area contributed by atoms with Gasteiger partial charge in [-0.15, -0.1) is 0 Å². The van der Waals surface area contributed by atoms with Gasteiger partial charge in [-0.05, 0) is 49.7 Å². The number of hydrogen-bond donors (Lipinski definition) is 1. The number of halogens is 1. The lowest BCUT2D eigenvalue weighted by atomic mass is 10.1.